The molecule has 0 bridgehead atoms. The highest BCUT2D eigenvalue weighted by Gasteiger charge is 1.78. The molecular weight excluding hydrogens is 154 g/mol. The zero-order valence-electron chi connectivity index (χ0n) is 3.48. The standard InChI is InChI=1S/C5H2BrN/c6-5-3-1-2-4-7-5/h2,4H. The first-order valence-electron chi connectivity index (χ1n) is 1.79. The van der Waals surface area contributed by atoms with Crippen LogP contribution in [0.15, 0.2) is 27.1 Å². The van der Waals surface area contributed by atoms with E-state index in [-0.39, 0.29) is 0 Å². The summed E-state index contributed by atoms with van der Waals surface area (Å²) in [6, 6.07) is 0. The van der Waals surface area contributed by atoms with Crippen LogP contribution in [0.4, 0.5) is 0 Å². The van der Waals surface area contributed by atoms with Crippen LogP contribution in [0, 0.1) is 0 Å². The summed E-state index contributed by atoms with van der Waals surface area (Å²) in [5.74, 6) is 0. The summed E-state index contributed by atoms with van der Waals surface area (Å²) in [7, 11) is 0. The zero-order chi connectivity index (χ0) is 5.11. The fourth-order valence-electron chi connectivity index (χ4n) is 0.273. The van der Waals surface area contributed by atoms with Gasteiger partial charge in [0.1, 0.15) is 0 Å². The Labute approximate surface area is 49.9 Å². The quantitative estimate of drug-likeness (QED) is 0.373. The van der Waals surface area contributed by atoms with Crippen LogP contribution in [0.1, 0.15) is 0 Å². The minimum Gasteiger partial charge on any atom is -0.240 e. The third kappa shape index (κ3) is 1.17. The topological polar surface area (TPSA) is 12.4 Å². The van der Waals surface area contributed by atoms with Crippen molar-refractivity contribution in [1.29, 1.82) is 0 Å². The molecule has 0 aromatic rings. The van der Waals surface area contributed by atoms with E-state index in [0.29, 0.717) is 4.61 Å². The highest BCUT2D eigenvalue weighted by Crippen LogP contribution is 2.03. The zero-order valence-corrected chi connectivity index (χ0v) is 5.07. The van der Waals surface area contributed by atoms with Gasteiger partial charge >= 0.3 is 0 Å². The molecule has 0 aromatic heterocycles. The molecule has 1 nitrogen and oxygen atoms in total. The van der Waals surface area contributed by atoms with E-state index in [2.05, 4.69) is 32.4 Å². The highest BCUT2D eigenvalue weighted by atomic mass is 79.9. The molecule has 1 aliphatic heterocycles. The molecule has 0 fully saturated rings. The lowest BCUT2D eigenvalue weighted by Crippen LogP contribution is -1.65. The van der Waals surface area contributed by atoms with E-state index in [1.807, 2.05) is 0 Å². The Balaban J connectivity index is 3.14. The van der Waals surface area contributed by atoms with Crippen molar-refractivity contribution in [1.82, 2.24) is 0 Å². The van der Waals surface area contributed by atoms with Crippen molar-refractivity contribution in [2.24, 2.45) is 4.99 Å². The third-order valence-corrected chi connectivity index (χ3v) is 0.924. The molecular formula is C5H2BrN. The SMILES string of the molecule is BrC1=C=C=CC=N1. The van der Waals surface area contributed by atoms with E-state index < -0.39 is 0 Å². The normalized spacial score (nSPS) is 14.7. The number of aliphatic imine (C=N–C) groups is 1. The Hall–Kier alpha value is -0.550. The van der Waals surface area contributed by atoms with Gasteiger partial charge in [0.25, 0.3) is 0 Å². The smallest absolute Gasteiger partial charge is 0.156 e. The van der Waals surface area contributed by atoms with Gasteiger partial charge in [-0.25, -0.2) is 4.99 Å². The van der Waals surface area contributed by atoms with E-state index in [9.17, 15) is 0 Å². The first-order chi connectivity index (χ1) is 3.39. The first-order valence-corrected chi connectivity index (χ1v) is 2.59. The molecule has 0 N–H and O–H groups in total. The molecule has 0 aromatic carbocycles. The van der Waals surface area contributed by atoms with Crippen LogP contribution in [0.3, 0.4) is 0 Å². The minimum absolute atomic E-state index is 0.704. The number of nitrogens with zero attached hydrogens (tertiary/aromatic N) is 1. The molecule has 0 unspecified atom stereocenters. The van der Waals surface area contributed by atoms with E-state index in [1.165, 1.54) is 0 Å². The summed E-state index contributed by atoms with van der Waals surface area (Å²) in [5.41, 5.74) is 5.44. The average molecular weight is 156 g/mol. The Kier molecular flexibility index (Phi) is 1.28. The van der Waals surface area contributed by atoms with Crippen LogP contribution < -0.4 is 0 Å². The maximum Gasteiger partial charge on any atom is 0.156 e. The minimum atomic E-state index is 0.704. The average Bonchev–Trinajstić information content (AvgIpc) is 1.69. The van der Waals surface area contributed by atoms with Crippen molar-refractivity contribution in [2.75, 3.05) is 0 Å². The molecule has 0 atom stereocenters. The number of allylic oxidation sites excluding steroid dienone is 1. The monoisotopic (exact) mass is 155 g/mol. The van der Waals surface area contributed by atoms with Crippen molar-refractivity contribution in [3.8, 4) is 0 Å². The Morgan fingerprint density at radius 3 is 2.86 bits per heavy atom. The van der Waals surface area contributed by atoms with Crippen LogP contribution in [0.5, 0.6) is 0 Å². The first kappa shape index (κ1) is 4.61. The molecule has 0 amide bonds. The van der Waals surface area contributed by atoms with Crippen LogP contribution >= 0.6 is 15.9 Å². The van der Waals surface area contributed by atoms with Gasteiger partial charge in [-0.2, -0.15) is 0 Å². The molecule has 1 rings (SSSR count). The van der Waals surface area contributed by atoms with Gasteiger partial charge in [0.15, 0.2) is 4.61 Å². The van der Waals surface area contributed by atoms with Crippen LogP contribution in [0.2, 0.25) is 0 Å². The fraction of sp³-hybridized carbons (Fsp3) is 0. The Morgan fingerprint density at radius 1 is 1.71 bits per heavy atom. The van der Waals surface area contributed by atoms with Gasteiger partial charge in [-0.1, -0.05) is 5.73 Å². The summed E-state index contributed by atoms with van der Waals surface area (Å²) in [4.78, 5) is 3.81. The van der Waals surface area contributed by atoms with Gasteiger partial charge in [0.2, 0.25) is 0 Å². The number of halogens is 1. The number of rotatable bonds is 0. The molecule has 1 aliphatic rings. The van der Waals surface area contributed by atoms with Crippen LogP contribution in [-0.4, -0.2) is 6.21 Å². The summed E-state index contributed by atoms with van der Waals surface area (Å²) < 4.78 is 0.704. The predicted octanol–water partition coefficient (Wildman–Crippen LogP) is 1.62. The third-order valence-electron chi connectivity index (χ3n) is 0.521. The molecule has 34 valence electrons. The summed E-state index contributed by atoms with van der Waals surface area (Å²) in [6.45, 7) is 0. The van der Waals surface area contributed by atoms with Crippen molar-refractivity contribution < 1.29 is 0 Å². The van der Waals surface area contributed by atoms with Crippen LogP contribution in [-0.2, 0) is 0 Å². The number of hydrogen-bond acceptors (Lipinski definition) is 1. The lowest BCUT2D eigenvalue weighted by atomic mass is 10.6. The van der Waals surface area contributed by atoms with Gasteiger partial charge in [0.05, 0.1) is 0 Å². The van der Waals surface area contributed by atoms with Gasteiger partial charge in [0, 0.05) is 12.3 Å². The molecule has 7 heavy (non-hydrogen) atoms. The Bertz CT molecular complexity index is 190. The molecule has 0 saturated carbocycles. The van der Waals surface area contributed by atoms with Gasteiger partial charge in [-0.3, -0.25) is 0 Å². The van der Waals surface area contributed by atoms with Crippen molar-refractivity contribution in [3.05, 3.63) is 22.1 Å². The summed E-state index contributed by atoms with van der Waals surface area (Å²) in [5, 5.41) is 0. The molecule has 0 aliphatic carbocycles. The second kappa shape index (κ2) is 1.94. The largest absolute Gasteiger partial charge is 0.240 e. The maximum absolute atomic E-state index is 3.81. The molecule has 2 heteroatoms. The van der Waals surface area contributed by atoms with Gasteiger partial charge in [-0.05, 0) is 21.7 Å². The Morgan fingerprint density at radius 2 is 2.57 bits per heavy atom. The maximum atomic E-state index is 3.81. The second-order valence-electron chi connectivity index (χ2n) is 1.00. The summed E-state index contributed by atoms with van der Waals surface area (Å²) >= 11 is 3.11. The number of hydrogen-bond donors (Lipinski definition) is 0. The molecule has 0 radical (unpaired) electrons. The molecule has 0 saturated heterocycles. The summed E-state index contributed by atoms with van der Waals surface area (Å²) in [6.07, 6.45) is 3.35. The lowest BCUT2D eigenvalue weighted by molar-refractivity contribution is 1.57. The van der Waals surface area contributed by atoms with Gasteiger partial charge in [-0.15, -0.1) is 0 Å². The highest BCUT2D eigenvalue weighted by molar-refractivity contribution is 9.11. The lowest BCUT2D eigenvalue weighted by Gasteiger charge is -1.79. The van der Waals surface area contributed by atoms with E-state index in [1.54, 1.807) is 12.3 Å². The molecule has 0 spiro atoms. The van der Waals surface area contributed by atoms with Crippen molar-refractivity contribution >= 4 is 22.1 Å². The van der Waals surface area contributed by atoms with E-state index in [0.717, 1.165) is 0 Å². The fourth-order valence-corrected chi connectivity index (χ4v) is 0.506. The van der Waals surface area contributed by atoms with Crippen molar-refractivity contribution in [2.45, 2.75) is 0 Å². The van der Waals surface area contributed by atoms with Crippen LogP contribution in [0.25, 0.3) is 0 Å². The predicted molar refractivity (Wildman–Crippen MR) is 32.5 cm³/mol. The van der Waals surface area contributed by atoms with Crippen molar-refractivity contribution in [3.63, 3.8) is 0 Å². The van der Waals surface area contributed by atoms with E-state index in [4.69, 9.17) is 0 Å². The van der Waals surface area contributed by atoms with Gasteiger partial charge < -0.3 is 0 Å². The molecule has 1 heterocycles. The second-order valence-corrected chi connectivity index (χ2v) is 1.76. The van der Waals surface area contributed by atoms with E-state index >= 15 is 0 Å².